The van der Waals surface area contributed by atoms with Crippen molar-refractivity contribution in [2.75, 3.05) is 40.0 Å². The fourth-order valence-corrected chi connectivity index (χ4v) is 3.12. The molecule has 152 valence electrons. The van der Waals surface area contributed by atoms with Crippen molar-refractivity contribution in [1.29, 1.82) is 0 Å². The Labute approximate surface area is 178 Å². The van der Waals surface area contributed by atoms with Gasteiger partial charge in [0.1, 0.15) is 0 Å². The fourth-order valence-electron chi connectivity index (χ4n) is 3.12. The Bertz CT molecular complexity index is 604. The Kier molecular flexibility index (Phi) is 9.04. The van der Waals surface area contributed by atoms with Crippen LogP contribution in [0.3, 0.4) is 0 Å². The average Bonchev–Trinajstić information content (AvgIpc) is 3.39. The average molecular weight is 490 g/mol. The normalized spacial score (nSPS) is 22.2. The SMILES string of the molecule is CN=C(NCc1ccnc(OCC2CC2)c1)NCC1(CCO)CCOC1.I. The molecule has 0 radical (unpaired) electrons. The van der Waals surface area contributed by atoms with Crippen LogP contribution < -0.4 is 15.4 Å². The van der Waals surface area contributed by atoms with Crippen LogP contribution >= 0.6 is 24.0 Å². The van der Waals surface area contributed by atoms with Gasteiger partial charge < -0.3 is 25.2 Å². The Morgan fingerprint density at radius 2 is 2.30 bits per heavy atom. The Balaban J connectivity index is 0.00000261. The second kappa shape index (κ2) is 11.0. The van der Waals surface area contributed by atoms with Crippen LogP contribution in [0.25, 0.3) is 0 Å². The summed E-state index contributed by atoms with van der Waals surface area (Å²) in [7, 11) is 1.76. The van der Waals surface area contributed by atoms with E-state index < -0.39 is 0 Å². The lowest BCUT2D eigenvalue weighted by atomic mass is 9.84. The molecule has 8 heteroatoms. The third-order valence-corrected chi connectivity index (χ3v) is 5.10. The van der Waals surface area contributed by atoms with E-state index in [0.29, 0.717) is 24.9 Å². The molecule has 27 heavy (non-hydrogen) atoms. The number of nitrogens with zero attached hydrogens (tertiary/aromatic N) is 2. The molecule has 1 atom stereocenters. The van der Waals surface area contributed by atoms with Crippen LogP contribution in [-0.2, 0) is 11.3 Å². The molecular formula is C19H31IN4O3. The Morgan fingerprint density at radius 1 is 1.44 bits per heavy atom. The summed E-state index contributed by atoms with van der Waals surface area (Å²) in [4.78, 5) is 8.56. The van der Waals surface area contributed by atoms with E-state index in [1.807, 2.05) is 12.1 Å². The van der Waals surface area contributed by atoms with Crippen molar-refractivity contribution in [3.63, 3.8) is 0 Å². The molecule has 1 saturated carbocycles. The van der Waals surface area contributed by atoms with Gasteiger partial charge in [0.2, 0.25) is 5.88 Å². The molecule has 0 bridgehead atoms. The molecule has 7 nitrogen and oxygen atoms in total. The number of aliphatic hydroxyl groups is 1. The number of hydrogen-bond acceptors (Lipinski definition) is 5. The predicted molar refractivity (Wildman–Crippen MR) is 116 cm³/mol. The van der Waals surface area contributed by atoms with Crippen molar-refractivity contribution in [3.05, 3.63) is 23.9 Å². The highest BCUT2D eigenvalue weighted by Gasteiger charge is 2.34. The van der Waals surface area contributed by atoms with Gasteiger partial charge in [-0.2, -0.15) is 0 Å². The Morgan fingerprint density at radius 3 is 2.96 bits per heavy atom. The number of aliphatic hydroxyl groups excluding tert-OH is 1. The fraction of sp³-hybridized carbons (Fsp3) is 0.684. The minimum Gasteiger partial charge on any atom is -0.477 e. The number of aromatic nitrogens is 1. The molecule has 1 aromatic heterocycles. The molecule has 1 aliphatic carbocycles. The molecule has 0 amide bonds. The molecule has 1 saturated heterocycles. The molecule has 3 N–H and O–H groups in total. The van der Waals surface area contributed by atoms with Crippen LogP contribution in [0.1, 0.15) is 31.2 Å². The topological polar surface area (TPSA) is 88.0 Å². The number of hydrogen-bond donors (Lipinski definition) is 3. The van der Waals surface area contributed by atoms with Gasteiger partial charge >= 0.3 is 0 Å². The standard InChI is InChI=1S/C19H30N4O3.HI/c1-20-18(23-13-19(5-8-24)6-9-25-14-19)22-11-16-4-7-21-17(10-16)26-12-15-2-3-15;/h4,7,10,15,24H,2-3,5-6,8-9,11-14H2,1H3,(H2,20,22,23);1H. The van der Waals surface area contributed by atoms with E-state index in [1.54, 1.807) is 13.2 Å². The molecule has 2 aliphatic rings. The van der Waals surface area contributed by atoms with Gasteiger partial charge in [-0.15, -0.1) is 24.0 Å². The number of guanidine groups is 1. The highest BCUT2D eigenvalue weighted by molar-refractivity contribution is 14.0. The first-order chi connectivity index (χ1) is 12.7. The van der Waals surface area contributed by atoms with Crippen molar-refractivity contribution >= 4 is 29.9 Å². The van der Waals surface area contributed by atoms with E-state index in [9.17, 15) is 5.11 Å². The van der Waals surface area contributed by atoms with Crippen molar-refractivity contribution in [1.82, 2.24) is 15.6 Å². The number of ether oxygens (including phenoxy) is 2. The lowest BCUT2D eigenvalue weighted by molar-refractivity contribution is 0.127. The second-order valence-corrected chi connectivity index (χ2v) is 7.31. The molecule has 3 rings (SSSR count). The second-order valence-electron chi connectivity index (χ2n) is 7.31. The highest BCUT2D eigenvalue weighted by atomic mass is 127. The summed E-state index contributed by atoms with van der Waals surface area (Å²) in [6.45, 7) is 3.77. The van der Waals surface area contributed by atoms with Crippen molar-refractivity contribution < 1.29 is 14.6 Å². The molecule has 0 spiro atoms. The van der Waals surface area contributed by atoms with Crippen LogP contribution in [0.5, 0.6) is 5.88 Å². The summed E-state index contributed by atoms with van der Waals surface area (Å²) in [5.41, 5.74) is 1.09. The number of nitrogens with one attached hydrogen (secondary N) is 2. The summed E-state index contributed by atoms with van der Waals surface area (Å²) >= 11 is 0. The van der Waals surface area contributed by atoms with Crippen LogP contribution in [0, 0.1) is 11.3 Å². The zero-order valence-electron chi connectivity index (χ0n) is 15.9. The maximum atomic E-state index is 9.33. The summed E-state index contributed by atoms with van der Waals surface area (Å²) < 4.78 is 11.3. The van der Waals surface area contributed by atoms with Gasteiger partial charge in [0.15, 0.2) is 5.96 Å². The van der Waals surface area contributed by atoms with Gasteiger partial charge in [-0.25, -0.2) is 4.98 Å². The van der Waals surface area contributed by atoms with Crippen LogP contribution in [0.2, 0.25) is 0 Å². The molecule has 1 aliphatic heterocycles. The largest absolute Gasteiger partial charge is 0.477 e. The van der Waals surface area contributed by atoms with E-state index in [2.05, 4.69) is 20.6 Å². The van der Waals surface area contributed by atoms with Gasteiger partial charge in [0, 0.05) is 51.0 Å². The Hall–Kier alpha value is -1.13. The van der Waals surface area contributed by atoms with Gasteiger partial charge in [0.25, 0.3) is 0 Å². The van der Waals surface area contributed by atoms with Crippen LogP contribution in [-0.4, -0.2) is 56.1 Å². The summed E-state index contributed by atoms with van der Waals surface area (Å²) in [6.07, 6.45) is 6.02. The number of aliphatic imine (C=N–C) groups is 1. The molecule has 1 aromatic rings. The number of halogens is 1. The van der Waals surface area contributed by atoms with Crippen molar-refractivity contribution in [2.24, 2.45) is 16.3 Å². The first-order valence-corrected chi connectivity index (χ1v) is 9.44. The van der Waals surface area contributed by atoms with Crippen LogP contribution in [0.4, 0.5) is 0 Å². The summed E-state index contributed by atoms with van der Waals surface area (Å²) in [5, 5.41) is 16.0. The van der Waals surface area contributed by atoms with E-state index in [-0.39, 0.29) is 36.0 Å². The first-order valence-electron chi connectivity index (χ1n) is 9.44. The van der Waals surface area contributed by atoms with Crippen LogP contribution in [0.15, 0.2) is 23.3 Å². The summed E-state index contributed by atoms with van der Waals surface area (Å²) in [5.74, 6) is 2.14. The zero-order valence-corrected chi connectivity index (χ0v) is 18.3. The lowest BCUT2D eigenvalue weighted by Gasteiger charge is -2.27. The summed E-state index contributed by atoms with van der Waals surface area (Å²) in [6, 6.07) is 3.95. The quantitative estimate of drug-likeness (QED) is 0.279. The van der Waals surface area contributed by atoms with E-state index >= 15 is 0 Å². The number of pyridine rings is 1. The number of rotatable bonds is 9. The molecule has 2 heterocycles. The predicted octanol–water partition coefficient (Wildman–Crippen LogP) is 1.94. The third-order valence-electron chi connectivity index (χ3n) is 5.10. The van der Waals surface area contributed by atoms with Gasteiger partial charge in [-0.3, -0.25) is 4.99 Å². The molecular weight excluding hydrogens is 459 g/mol. The van der Waals surface area contributed by atoms with E-state index in [4.69, 9.17) is 9.47 Å². The van der Waals surface area contributed by atoms with E-state index in [1.165, 1.54) is 12.8 Å². The monoisotopic (exact) mass is 490 g/mol. The molecule has 0 aromatic carbocycles. The van der Waals surface area contributed by atoms with Gasteiger partial charge in [-0.05, 0) is 43.2 Å². The first kappa shape index (κ1) is 22.2. The minimum atomic E-state index is -0.00709. The molecule has 1 unspecified atom stereocenters. The minimum absolute atomic E-state index is 0. The highest BCUT2D eigenvalue weighted by Crippen LogP contribution is 2.31. The van der Waals surface area contributed by atoms with Gasteiger partial charge in [-0.1, -0.05) is 0 Å². The smallest absolute Gasteiger partial charge is 0.213 e. The van der Waals surface area contributed by atoms with E-state index in [0.717, 1.165) is 44.1 Å². The van der Waals surface area contributed by atoms with Crippen molar-refractivity contribution in [2.45, 2.75) is 32.2 Å². The third kappa shape index (κ3) is 7.08. The maximum Gasteiger partial charge on any atom is 0.213 e. The maximum absolute atomic E-state index is 9.33. The molecule has 2 fully saturated rings. The van der Waals surface area contributed by atoms with Gasteiger partial charge in [0.05, 0.1) is 13.2 Å². The zero-order chi connectivity index (χ0) is 18.2. The van der Waals surface area contributed by atoms with Crippen molar-refractivity contribution in [3.8, 4) is 5.88 Å². The lowest BCUT2D eigenvalue weighted by Crippen LogP contribution is -2.44.